The molecule has 0 radical (unpaired) electrons. The highest BCUT2D eigenvalue weighted by Gasteiger charge is 2.23. The molecule has 6 nitrogen and oxygen atoms in total. The van der Waals surface area contributed by atoms with Gasteiger partial charge in [0.15, 0.2) is 11.9 Å². The number of carbonyl (C=O) groups is 3. The molecule has 7 heteroatoms. The lowest BCUT2D eigenvalue weighted by molar-refractivity contribution is -0.138. The monoisotopic (exact) mass is 373 g/mol. The third-order valence-corrected chi connectivity index (χ3v) is 3.97. The van der Waals surface area contributed by atoms with Crippen molar-refractivity contribution < 1.29 is 28.6 Å². The Labute approximate surface area is 156 Å². The number of hydrogen-bond acceptors (Lipinski definition) is 4. The van der Waals surface area contributed by atoms with Gasteiger partial charge in [0.2, 0.25) is 0 Å². The fourth-order valence-electron chi connectivity index (χ4n) is 2.44. The lowest BCUT2D eigenvalue weighted by atomic mass is 9.99. The van der Waals surface area contributed by atoms with E-state index in [9.17, 15) is 23.9 Å². The summed E-state index contributed by atoms with van der Waals surface area (Å²) in [5.41, 5.74) is 0.842. The van der Waals surface area contributed by atoms with Crippen LogP contribution in [0.2, 0.25) is 0 Å². The van der Waals surface area contributed by atoms with Crippen molar-refractivity contribution in [1.82, 2.24) is 5.32 Å². The van der Waals surface area contributed by atoms with Crippen molar-refractivity contribution in [2.45, 2.75) is 25.9 Å². The molecule has 2 aromatic carbocycles. The van der Waals surface area contributed by atoms with Gasteiger partial charge in [-0.15, -0.1) is 0 Å². The van der Waals surface area contributed by atoms with E-state index in [4.69, 9.17) is 4.74 Å². The Hall–Kier alpha value is -3.22. The summed E-state index contributed by atoms with van der Waals surface area (Å²) in [5.74, 6) is -2.88. The minimum absolute atomic E-state index is 0.124. The predicted molar refractivity (Wildman–Crippen MR) is 96.3 cm³/mol. The van der Waals surface area contributed by atoms with Gasteiger partial charge < -0.3 is 15.2 Å². The van der Waals surface area contributed by atoms with Crippen molar-refractivity contribution in [3.63, 3.8) is 0 Å². The van der Waals surface area contributed by atoms with E-state index in [2.05, 4.69) is 5.32 Å². The summed E-state index contributed by atoms with van der Waals surface area (Å²) in [5, 5.41) is 11.9. The van der Waals surface area contributed by atoms with Gasteiger partial charge >= 0.3 is 5.97 Å². The summed E-state index contributed by atoms with van der Waals surface area (Å²) in [6.45, 7) is 2.78. The highest BCUT2D eigenvalue weighted by molar-refractivity contribution is 5.94. The molecule has 2 aromatic rings. The van der Waals surface area contributed by atoms with Gasteiger partial charge in [-0.3, -0.25) is 14.4 Å². The third kappa shape index (κ3) is 5.64. The van der Waals surface area contributed by atoms with Gasteiger partial charge in [-0.2, -0.15) is 0 Å². The molecule has 0 aliphatic rings. The van der Waals surface area contributed by atoms with E-state index in [1.807, 2.05) is 0 Å². The molecule has 0 aliphatic carbocycles. The maximum atomic E-state index is 13.0. The molecular formula is C20H20FNO5. The van der Waals surface area contributed by atoms with Crippen LogP contribution in [0.5, 0.6) is 5.75 Å². The van der Waals surface area contributed by atoms with E-state index in [0.717, 1.165) is 0 Å². The van der Waals surface area contributed by atoms with Crippen molar-refractivity contribution in [1.29, 1.82) is 0 Å². The predicted octanol–water partition coefficient (Wildman–Crippen LogP) is 2.78. The minimum atomic E-state index is -1.13. The molecule has 142 valence electrons. The Morgan fingerprint density at radius 1 is 1.15 bits per heavy atom. The SMILES string of the molecule is CC(=O)c1cccc(OC(C)C(=O)NCC(C(=O)O)c2ccc(F)cc2)c1. The number of rotatable bonds is 8. The highest BCUT2D eigenvalue weighted by Crippen LogP contribution is 2.17. The van der Waals surface area contributed by atoms with Gasteiger partial charge in [-0.05, 0) is 43.7 Å². The number of carboxylic acids is 1. The molecule has 2 N–H and O–H groups in total. The molecule has 0 saturated heterocycles. The molecule has 27 heavy (non-hydrogen) atoms. The molecule has 0 heterocycles. The normalized spacial score (nSPS) is 12.7. The summed E-state index contributed by atoms with van der Waals surface area (Å²) < 4.78 is 18.5. The van der Waals surface area contributed by atoms with Crippen LogP contribution in [0, 0.1) is 5.82 Å². The maximum absolute atomic E-state index is 13.0. The highest BCUT2D eigenvalue weighted by atomic mass is 19.1. The van der Waals surface area contributed by atoms with Gasteiger partial charge in [-0.1, -0.05) is 24.3 Å². The second kappa shape index (κ2) is 8.93. The number of halogens is 1. The van der Waals surface area contributed by atoms with Crippen LogP contribution in [0.25, 0.3) is 0 Å². The molecule has 0 bridgehead atoms. The number of aliphatic carboxylic acids is 1. The second-order valence-electron chi connectivity index (χ2n) is 6.03. The topological polar surface area (TPSA) is 92.7 Å². The number of benzene rings is 2. The van der Waals surface area contributed by atoms with Gasteiger partial charge in [0.25, 0.3) is 5.91 Å². The zero-order valence-corrected chi connectivity index (χ0v) is 14.9. The maximum Gasteiger partial charge on any atom is 0.312 e. The zero-order chi connectivity index (χ0) is 20.0. The van der Waals surface area contributed by atoms with Crippen molar-refractivity contribution in [3.05, 3.63) is 65.5 Å². The van der Waals surface area contributed by atoms with Gasteiger partial charge in [-0.25, -0.2) is 4.39 Å². The van der Waals surface area contributed by atoms with E-state index in [-0.39, 0.29) is 12.3 Å². The van der Waals surface area contributed by atoms with E-state index >= 15 is 0 Å². The first kappa shape index (κ1) is 20.1. The number of Topliss-reactive ketones (excluding diaryl/α,β-unsaturated/α-hetero) is 1. The molecule has 2 rings (SSSR count). The molecular weight excluding hydrogens is 353 g/mol. The summed E-state index contributed by atoms with van der Waals surface area (Å²) in [4.78, 5) is 35.1. The average Bonchev–Trinajstić information content (AvgIpc) is 2.63. The number of hydrogen-bond donors (Lipinski definition) is 2. The van der Waals surface area contributed by atoms with Gasteiger partial charge in [0, 0.05) is 12.1 Å². The lowest BCUT2D eigenvalue weighted by Crippen LogP contribution is -2.39. The first-order chi connectivity index (χ1) is 12.8. The minimum Gasteiger partial charge on any atom is -0.481 e. The number of carbonyl (C=O) groups excluding carboxylic acids is 2. The number of amides is 1. The standard InChI is InChI=1S/C20H20FNO5/c1-12(23)15-4-3-5-17(10-15)27-13(2)19(24)22-11-18(20(25)26)14-6-8-16(21)9-7-14/h3-10,13,18H,11H2,1-2H3,(H,22,24)(H,25,26). The Bertz CT molecular complexity index is 835. The first-order valence-corrected chi connectivity index (χ1v) is 8.31. The largest absolute Gasteiger partial charge is 0.481 e. The van der Waals surface area contributed by atoms with Crippen LogP contribution in [0.15, 0.2) is 48.5 Å². The quantitative estimate of drug-likeness (QED) is 0.694. The van der Waals surface area contributed by atoms with Crippen molar-refractivity contribution in [2.75, 3.05) is 6.54 Å². The lowest BCUT2D eigenvalue weighted by Gasteiger charge is -2.18. The van der Waals surface area contributed by atoms with E-state index in [1.54, 1.807) is 18.2 Å². The first-order valence-electron chi connectivity index (χ1n) is 8.31. The number of nitrogens with one attached hydrogen (secondary N) is 1. The van der Waals surface area contributed by atoms with Crippen LogP contribution in [-0.4, -0.2) is 35.4 Å². The average molecular weight is 373 g/mol. The Morgan fingerprint density at radius 3 is 2.41 bits per heavy atom. The Kier molecular flexibility index (Phi) is 6.65. The second-order valence-corrected chi connectivity index (χ2v) is 6.03. The van der Waals surface area contributed by atoms with Crippen LogP contribution in [-0.2, 0) is 9.59 Å². The molecule has 0 aliphatic heterocycles. The fraction of sp³-hybridized carbons (Fsp3) is 0.250. The van der Waals surface area contributed by atoms with E-state index < -0.39 is 29.7 Å². The smallest absolute Gasteiger partial charge is 0.312 e. The van der Waals surface area contributed by atoms with Crippen molar-refractivity contribution in [3.8, 4) is 5.75 Å². The fourth-order valence-corrected chi connectivity index (χ4v) is 2.44. The van der Waals surface area contributed by atoms with Crippen LogP contribution in [0.3, 0.4) is 0 Å². The Morgan fingerprint density at radius 2 is 1.81 bits per heavy atom. The summed E-state index contributed by atoms with van der Waals surface area (Å²) in [7, 11) is 0. The molecule has 0 aromatic heterocycles. The van der Waals surface area contributed by atoms with Crippen molar-refractivity contribution >= 4 is 17.7 Å². The molecule has 0 saturated carbocycles. The van der Waals surface area contributed by atoms with Crippen LogP contribution < -0.4 is 10.1 Å². The summed E-state index contributed by atoms with van der Waals surface area (Å²) in [6.07, 6.45) is -0.894. The van der Waals surface area contributed by atoms with Crippen molar-refractivity contribution in [2.24, 2.45) is 0 Å². The number of ketones is 1. The molecule has 1 amide bonds. The zero-order valence-electron chi connectivity index (χ0n) is 14.9. The molecule has 0 fully saturated rings. The number of carboxylic acid groups (broad SMARTS) is 1. The summed E-state index contributed by atoms with van der Waals surface area (Å²) >= 11 is 0. The third-order valence-electron chi connectivity index (χ3n) is 3.97. The Balaban J connectivity index is 1.98. The van der Waals surface area contributed by atoms with Crippen LogP contribution >= 0.6 is 0 Å². The number of ether oxygens (including phenoxy) is 1. The van der Waals surface area contributed by atoms with E-state index in [1.165, 1.54) is 44.2 Å². The molecule has 0 spiro atoms. The molecule has 2 unspecified atom stereocenters. The van der Waals surface area contributed by atoms with Crippen LogP contribution in [0.1, 0.15) is 35.7 Å². The van der Waals surface area contributed by atoms with Crippen LogP contribution in [0.4, 0.5) is 4.39 Å². The van der Waals surface area contributed by atoms with E-state index in [0.29, 0.717) is 16.9 Å². The summed E-state index contributed by atoms with van der Waals surface area (Å²) in [6, 6.07) is 11.5. The molecule has 2 atom stereocenters. The van der Waals surface area contributed by atoms with Gasteiger partial charge in [0.1, 0.15) is 11.6 Å². The van der Waals surface area contributed by atoms with Gasteiger partial charge in [0.05, 0.1) is 5.92 Å².